The van der Waals surface area contributed by atoms with E-state index in [4.69, 9.17) is 17.3 Å². The van der Waals surface area contributed by atoms with Gasteiger partial charge in [0, 0.05) is 10.7 Å². The first-order valence-corrected chi connectivity index (χ1v) is 5.86. The van der Waals surface area contributed by atoms with Crippen LogP contribution in [0.15, 0.2) is 40.8 Å². The topological polar surface area (TPSA) is 60.2 Å². The van der Waals surface area contributed by atoms with Crippen molar-refractivity contribution in [2.75, 3.05) is 11.5 Å². The molecule has 0 spiro atoms. The predicted octanol–water partition coefficient (Wildman–Crippen LogP) is 1.79. The van der Waals surface area contributed by atoms with E-state index in [0.717, 1.165) is 0 Å². The average Bonchev–Trinajstić information content (AvgIpc) is 2.01. The maximum absolute atomic E-state index is 11.6. The lowest BCUT2D eigenvalue weighted by Crippen LogP contribution is -2.06. The third kappa shape index (κ3) is 2.75. The Morgan fingerprint density at radius 1 is 1.50 bits per heavy atom. The van der Waals surface area contributed by atoms with Gasteiger partial charge in [0.25, 0.3) is 0 Å². The Balaban J connectivity index is 3.11. The molecule has 0 amide bonds. The van der Waals surface area contributed by atoms with Crippen molar-refractivity contribution in [3.8, 4) is 0 Å². The Bertz CT molecular complexity index is 454. The van der Waals surface area contributed by atoms with E-state index in [9.17, 15) is 8.42 Å². The highest BCUT2D eigenvalue weighted by Crippen LogP contribution is 2.17. The van der Waals surface area contributed by atoms with Gasteiger partial charge in [-0.1, -0.05) is 24.2 Å². The van der Waals surface area contributed by atoms with Gasteiger partial charge in [-0.15, -0.1) is 0 Å². The van der Waals surface area contributed by atoms with Crippen LogP contribution in [0.1, 0.15) is 0 Å². The largest absolute Gasteiger partial charge is 0.399 e. The molecule has 0 heterocycles. The maximum Gasteiger partial charge on any atom is 0.183 e. The van der Waals surface area contributed by atoms with Gasteiger partial charge in [-0.25, -0.2) is 8.42 Å². The van der Waals surface area contributed by atoms with Gasteiger partial charge < -0.3 is 5.73 Å². The molecule has 0 aromatic heterocycles. The number of hydrogen-bond donors (Lipinski definition) is 1. The number of rotatable bonds is 3. The zero-order chi connectivity index (χ0) is 10.8. The summed E-state index contributed by atoms with van der Waals surface area (Å²) in [6.07, 6.45) is 0. The van der Waals surface area contributed by atoms with Crippen LogP contribution >= 0.6 is 11.6 Å². The van der Waals surface area contributed by atoms with Crippen molar-refractivity contribution < 1.29 is 8.42 Å². The molecule has 14 heavy (non-hydrogen) atoms. The highest BCUT2D eigenvalue weighted by atomic mass is 35.5. The second-order valence-electron chi connectivity index (χ2n) is 2.85. The summed E-state index contributed by atoms with van der Waals surface area (Å²) >= 11 is 5.45. The molecule has 0 unspecified atom stereocenters. The van der Waals surface area contributed by atoms with Crippen LogP contribution in [0.4, 0.5) is 5.69 Å². The molecule has 0 aliphatic heterocycles. The molecule has 0 aliphatic rings. The van der Waals surface area contributed by atoms with Gasteiger partial charge in [0.15, 0.2) is 9.84 Å². The number of nitrogens with two attached hydrogens (primary N) is 1. The van der Waals surface area contributed by atoms with Crippen molar-refractivity contribution in [3.05, 3.63) is 35.9 Å². The Morgan fingerprint density at radius 3 is 2.64 bits per heavy atom. The summed E-state index contributed by atoms with van der Waals surface area (Å²) in [6, 6.07) is 6.08. The standard InChI is InChI=1S/C9H10ClNO2S/c1-7(10)6-14(12,13)9-4-2-3-8(11)5-9/h2-5H,1,6,11H2. The smallest absolute Gasteiger partial charge is 0.183 e. The van der Waals surface area contributed by atoms with Crippen LogP contribution in [0.2, 0.25) is 0 Å². The van der Waals surface area contributed by atoms with Crippen LogP contribution in [0.5, 0.6) is 0 Å². The molecule has 3 nitrogen and oxygen atoms in total. The van der Waals surface area contributed by atoms with Gasteiger partial charge >= 0.3 is 0 Å². The molecular formula is C9H10ClNO2S. The molecule has 0 saturated carbocycles. The third-order valence-corrected chi connectivity index (χ3v) is 3.56. The van der Waals surface area contributed by atoms with Crippen molar-refractivity contribution in [1.29, 1.82) is 0 Å². The molecule has 0 fully saturated rings. The summed E-state index contributed by atoms with van der Waals surface area (Å²) in [5.74, 6) is -0.266. The summed E-state index contributed by atoms with van der Waals surface area (Å²) in [5, 5.41) is 0.0902. The van der Waals surface area contributed by atoms with Crippen molar-refractivity contribution in [3.63, 3.8) is 0 Å². The van der Waals surface area contributed by atoms with Crippen molar-refractivity contribution in [2.24, 2.45) is 0 Å². The summed E-state index contributed by atoms with van der Waals surface area (Å²) in [6.45, 7) is 3.34. The highest BCUT2D eigenvalue weighted by Gasteiger charge is 2.14. The number of nitrogen functional groups attached to an aromatic ring is 1. The van der Waals surface area contributed by atoms with Gasteiger partial charge in [-0.05, 0) is 18.2 Å². The maximum atomic E-state index is 11.6. The second kappa shape index (κ2) is 4.02. The molecule has 1 rings (SSSR count). The Morgan fingerprint density at radius 2 is 2.14 bits per heavy atom. The van der Waals surface area contributed by atoms with E-state index in [1.807, 2.05) is 0 Å². The Kier molecular flexibility index (Phi) is 3.18. The van der Waals surface area contributed by atoms with Gasteiger partial charge in [0.05, 0.1) is 10.6 Å². The van der Waals surface area contributed by atoms with Crippen LogP contribution in [-0.2, 0) is 9.84 Å². The van der Waals surface area contributed by atoms with Crippen LogP contribution in [0.25, 0.3) is 0 Å². The van der Waals surface area contributed by atoms with Gasteiger partial charge in [0.1, 0.15) is 0 Å². The molecule has 2 N–H and O–H groups in total. The lowest BCUT2D eigenvalue weighted by molar-refractivity contribution is 0.599. The summed E-state index contributed by atoms with van der Waals surface area (Å²) < 4.78 is 23.2. The quantitative estimate of drug-likeness (QED) is 0.807. The van der Waals surface area contributed by atoms with Crippen molar-refractivity contribution in [1.82, 2.24) is 0 Å². The lowest BCUT2D eigenvalue weighted by atomic mass is 10.3. The Hall–Kier alpha value is -1.00. The van der Waals surface area contributed by atoms with Crippen molar-refractivity contribution >= 4 is 27.1 Å². The van der Waals surface area contributed by atoms with Gasteiger partial charge in [-0.3, -0.25) is 0 Å². The van der Waals surface area contributed by atoms with Crippen LogP contribution in [0, 0.1) is 0 Å². The molecular weight excluding hydrogens is 222 g/mol. The molecule has 76 valence electrons. The molecule has 1 aromatic carbocycles. The fourth-order valence-electron chi connectivity index (χ4n) is 0.998. The van der Waals surface area contributed by atoms with Crippen molar-refractivity contribution in [2.45, 2.75) is 4.90 Å². The van der Waals surface area contributed by atoms with E-state index in [1.165, 1.54) is 12.1 Å². The van der Waals surface area contributed by atoms with E-state index < -0.39 is 9.84 Å². The summed E-state index contributed by atoms with van der Waals surface area (Å²) in [4.78, 5) is 0.166. The SMILES string of the molecule is C=C(Cl)CS(=O)(=O)c1cccc(N)c1. The normalized spacial score (nSPS) is 11.2. The fourth-order valence-corrected chi connectivity index (χ4v) is 2.61. The number of halogens is 1. The van der Waals surface area contributed by atoms with E-state index in [0.29, 0.717) is 5.69 Å². The van der Waals surface area contributed by atoms with E-state index >= 15 is 0 Å². The number of anilines is 1. The molecule has 1 aromatic rings. The third-order valence-electron chi connectivity index (χ3n) is 1.56. The minimum atomic E-state index is -3.39. The van der Waals surface area contributed by atoms with Crippen LogP contribution in [0.3, 0.4) is 0 Å². The molecule has 0 atom stereocenters. The monoisotopic (exact) mass is 231 g/mol. The first kappa shape index (κ1) is 11.1. The minimum Gasteiger partial charge on any atom is -0.399 e. The highest BCUT2D eigenvalue weighted by molar-refractivity contribution is 7.91. The zero-order valence-corrected chi connectivity index (χ0v) is 8.98. The zero-order valence-electron chi connectivity index (χ0n) is 7.40. The average molecular weight is 232 g/mol. The summed E-state index contributed by atoms with van der Waals surface area (Å²) in [5.41, 5.74) is 5.87. The van der Waals surface area contributed by atoms with Crippen LogP contribution in [-0.4, -0.2) is 14.2 Å². The van der Waals surface area contributed by atoms with Gasteiger partial charge in [-0.2, -0.15) is 0 Å². The Labute approximate surface area is 88.1 Å². The number of hydrogen-bond acceptors (Lipinski definition) is 3. The number of sulfone groups is 1. The fraction of sp³-hybridized carbons (Fsp3) is 0.111. The molecule has 0 radical (unpaired) electrons. The minimum absolute atomic E-state index is 0.0902. The second-order valence-corrected chi connectivity index (χ2v) is 5.37. The lowest BCUT2D eigenvalue weighted by Gasteiger charge is -2.03. The molecule has 0 saturated heterocycles. The number of benzene rings is 1. The van der Waals surface area contributed by atoms with E-state index in [1.54, 1.807) is 12.1 Å². The van der Waals surface area contributed by atoms with Crippen LogP contribution < -0.4 is 5.73 Å². The molecule has 0 aliphatic carbocycles. The molecule has 5 heteroatoms. The molecule has 0 bridgehead atoms. The first-order chi connectivity index (χ1) is 6.42. The first-order valence-electron chi connectivity index (χ1n) is 3.83. The van der Waals surface area contributed by atoms with E-state index in [2.05, 4.69) is 6.58 Å². The van der Waals surface area contributed by atoms with E-state index in [-0.39, 0.29) is 15.7 Å². The van der Waals surface area contributed by atoms with Gasteiger partial charge in [0.2, 0.25) is 0 Å². The predicted molar refractivity (Wildman–Crippen MR) is 57.9 cm³/mol. The summed E-state index contributed by atoms with van der Waals surface area (Å²) in [7, 11) is -3.39.